The molecule has 2 N–H and O–H groups in total. The van der Waals surface area contributed by atoms with Gasteiger partial charge < -0.3 is 19.8 Å². The number of aliphatic hydroxyl groups is 2. The number of pyridine rings is 2. The van der Waals surface area contributed by atoms with E-state index >= 15 is 0 Å². The Bertz CT molecular complexity index is 1300. The number of benzene rings is 1. The molecule has 2 fully saturated rings. The highest BCUT2D eigenvalue weighted by molar-refractivity contribution is 5.94. The Morgan fingerprint density at radius 3 is 2.52 bits per heavy atom. The Hall–Kier alpha value is -3.40. The van der Waals surface area contributed by atoms with E-state index in [9.17, 15) is 19.8 Å². The van der Waals surface area contributed by atoms with Crippen molar-refractivity contribution in [1.29, 1.82) is 0 Å². The van der Waals surface area contributed by atoms with Gasteiger partial charge in [-0.1, -0.05) is 36.8 Å². The van der Waals surface area contributed by atoms with E-state index in [0.717, 1.165) is 42.7 Å². The van der Waals surface area contributed by atoms with Crippen LogP contribution in [0.1, 0.15) is 54.7 Å². The number of ether oxygens (including phenoxy) is 1. The van der Waals surface area contributed by atoms with Gasteiger partial charge >= 0.3 is 5.97 Å². The quantitative estimate of drug-likeness (QED) is 0.482. The molecule has 9 nitrogen and oxygen atoms in total. The molecule has 0 radical (unpaired) electrons. The fourth-order valence-electron chi connectivity index (χ4n) is 5.75. The number of carbonyl (C=O) groups is 2. The Labute approximate surface area is 234 Å². The van der Waals surface area contributed by atoms with Gasteiger partial charge in [0.1, 0.15) is 18.4 Å². The zero-order valence-electron chi connectivity index (χ0n) is 22.8. The van der Waals surface area contributed by atoms with Crippen molar-refractivity contribution in [2.45, 2.75) is 57.3 Å². The molecule has 212 valence electrons. The fraction of sp³-hybridized carbons (Fsp3) is 0.484. The van der Waals surface area contributed by atoms with Crippen molar-refractivity contribution in [1.82, 2.24) is 19.8 Å². The van der Waals surface area contributed by atoms with Crippen LogP contribution < -0.4 is 0 Å². The molecule has 2 aliphatic heterocycles. The maximum atomic E-state index is 13.5. The van der Waals surface area contributed by atoms with Gasteiger partial charge in [0, 0.05) is 31.2 Å². The first-order chi connectivity index (χ1) is 19.4. The summed E-state index contributed by atoms with van der Waals surface area (Å²) in [6.45, 7) is 2.71. The van der Waals surface area contributed by atoms with Crippen molar-refractivity contribution in [2.24, 2.45) is 5.41 Å². The van der Waals surface area contributed by atoms with Crippen LogP contribution in [0.2, 0.25) is 0 Å². The van der Waals surface area contributed by atoms with Crippen LogP contribution >= 0.6 is 0 Å². The van der Waals surface area contributed by atoms with E-state index in [2.05, 4.69) is 14.9 Å². The zero-order chi connectivity index (χ0) is 28.0. The van der Waals surface area contributed by atoms with E-state index in [1.54, 1.807) is 17.2 Å². The van der Waals surface area contributed by atoms with E-state index in [4.69, 9.17) is 4.74 Å². The van der Waals surface area contributed by atoms with Crippen LogP contribution in [0.15, 0.2) is 60.8 Å². The topological polar surface area (TPSA) is 116 Å². The summed E-state index contributed by atoms with van der Waals surface area (Å²) in [5.41, 5.74) is 1.46. The Morgan fingerprint density at radius 1 is 0.925 bits per heavy atom. The molecule has 0 aliphatic carbocycles. The number of piperidine rings is 1. The number of hydrogen-bond acceptors (Lipinski definition) is 8. The van der Waals surface area contributed by atoms with Crippen molar-refractivity contribution in [2.75, 3.05) is 32.8 Å². The number of amides is 1. The molecule has 1 spiro atoms. The minimum absolute atomic E-state index is 0.172. The molecule has 2 atom stereocenters. The standard InChI is InChI=1S/C31H38N4O5/c36-27-12-18-35(29(38)26-11-10-23-7-1-2-9-25(23)33-26)17-6-4-13-31(30(39)40-22-28(27)37)14-19-34(20-15-31)21-24-8-3-5-16-32-24/h1-3,5,7-11,16,27-28,36-37H,4,6,12-15,17-22H2/t27-,28+/m0/s1. The normalized spacial score (nSPS) is 23.1. The van der Waals surface area contributed by atoms with E-state index in [0.29, 0.717) is 37.9 Å². The number of aliphatic hydroxyl groups excluding tert-OH is 2. The molecular weight excluding hydrogens is 508 g/mol. The van der Waals surface area contributed by atoms with E-state index in [-0.39, 0.29) is 31.4 Å². The van der Waals surface area contributed by atoms with Crippen LogP contribution in [0, 0.1) is 5.41 Å². The minimum atomic E-state index is -1.22. The Kier molecular flexibility index (Phi) is 9.04. The van der Waals surface area contributed by atoms with Crippen LogP contribution in [0.3, 0.4) is 0 Å². The molecule has 5 rings (SSSR count). The van der Waals surface area contributed by atoms with Gasteiger partial charge in [0.25, 0.3) is 5.91 Å². The van der Waals surface area contributed by atoms with Crippen molar-refractivity contribution in [3.63, 3.8) is 0 Å². The lowest BCUT2D eigenvalue weighted by Gasteiger charge is -2.40. The molecule has 0 saturated carbocycles. The summed E-state index contributed by atoms with van der Waals surface area (Å²) in [6, 6.07) is 17.2. The number of rotatable bonds is 3. The molecule has 40 heavy (non-hydrogen) atoms. The van der Waals surface area contributed by atoms with Gasteiger partial charge in [-0.15, -0.1) is 0 Å². The predicted molar refractivity (Wildman–Crippen MR) is 150 cm³/mol. The first-order valence-corrected chi connectivity index (χ1v) is 14.2. The number of likely N-dealkylation sites (tertiary alicyclic amines) is 1. The smallest absolute Gasteiger partial charge is 0.312 e. The monoisotopic (exact) mass is 546 g/mol. The van der Waals surface area contributed by atoms with Gasteiger partial charge in [-0.3, -0.25) is 19.5 Å². The lowest BCUT2D eigenvalue weighted by Crippen LogP contribution is -2.46. The summed E-state index contributed by atoms with van der Waals surface area (Å²) in [4.78, 5) is 39.8. The second-order valence-electron chi connectivity index (χ2n) is 11.0. The average Bonchev–Trinajstić information content (AvgIpc) is 3.00. The summed E-state index contributed by atoms with van der Waals surface area (Å²) in [6.07, 6.45) is 3.05. The Morgan fingerprint density at radius 2 is 1.73 bits per heavy atom. The molecule has 0 unspecified atom stereocenters. The lowest BCUT2D eigenvalue weighted by molar-refractivity contribution is -0.165. The van der Waals surface area contributed by atoms with Gasteiger partial charge in [-0.2, -0.15) is 0 Å². The van der Waals surface area contributed by atoms with Crippen molar-refractivity contribution >= 4 is 22.8 Å². The molecular formula is C31H38N4O5. The molecule has 1 amide bonds. The summed E-state index contributed by atoms with van der Waals surface area (Å²) in [7, 11) is 0. The van der Waals surface area contributed by atoms with Crippen molar-refractivity contribution in [3.8, 4) is 0 Å². The third kappa shape index (κ3) is 6.66. The second-order valence-corrected chi connectivity index (χ2v) is 11.0. The third-order valence-corrected chi connectivity index (χ3v) is 8.32. The molecule has 2 aromatic heterocycles. The molecule has 2 aliphatic rings. The number of aromatic nitrogens is 2. The lowest BCUT2D eigenvalue weighted by atomic mass is 9.74. The van der Waals surface area contributed by atoms with Gasteiger partial charge in [-0.05, 0) is 69.5 Å². The van der Waals surface area contributed by atoms with Crippen LogP contribution in [0.4, 0.5) is 0 Å². The third-order valence-electron chi connectivity index (χ3n) is 8.32. The highest BCUT2D eigenvalue weighted by atomic mass is 16.5. The molecule has 4 heterocycles. The van der Waals surface area contributed by atoms with Gasteiger partial charge in [0.2, 0.25) is 0 Å². The maximum Gasteiger partial charge on any atom is 0.312 e. The van der Waals surface area contributed by atoms with Crippen molar-refractivity contribution in [3.05, 3.63) is 72.2 Å². The highest BCUT2D eigenvalue weighted by Crippen LogP contribution is 2.38. The van der Waals surface area contributed by atoms with Crippen LogP contribution in [0.5, 0.6) is 0 Å². The van der Waals surface area contributed by atoms with E-state index in [1.807, 2.05) is 48.5 Å². The number of para-hydroxylation sites is 1. The average molecular weight is 547 g/mol. The molecule has 0 bridgehead atoms. The predicted octanol–water partition coefficient (Wildman–Crippen LogP) is 3.19. The first kappa shape index (κ1) is 28.1. The van der Waals surface area contributed by atoms with E-state index < -0.39 is 17.6 Å². The zero-order valence-corrected chi connectivity index (χ0v) is 22.8. The molecule has 2 saturated heterocycles. The SMILES string of the molecule is O=C(c1ccc2ccccc2n1)N1CCCCC2(CCN(Cc3ccccn3)CC2)C(=O)OC[C@@H](O)[C@@H](O)CC1. The summed E-state index contributed by atoms with van der Waals surface area (Å²) < 4.78 is 5.60. The number of nitrogens with zero attached hydrogens (tertiary/aromatic N) is 4. The minimum Gasteiger partial charge on any atom is -0.462 e. The Balaban J connectivity index is 1.27. The van der Waals surface area contributed by atoms with Crippen LogP contribution in [-0.4, -0.2) is 86.9 Å². The second kappa shape index (κ2) is 12.8. The fourth-order valence-corrected chi connectivity index (χ4v) is 5.75. The summed E-state index contributed by atoms with van der Waals surface area (Å²) >= 11 is 0. The van der Waals surface area contributed by atoms with E-state index in [1.165, 1.54) is 0 Å². The van der Waals surface area contributed by atoms with Gasteiger partial charge in [0.05, 0.1) is 22.7 Å². The molecule has 3 aromatic rings. The van der Waals surface area contributed by atoms with Gasteiger partial charge in [0.15, 0.2) is 0 Å². The molecule has 9 heteroatoms. The highest BCUT2D eigenvalue weighted by Gasteiger charge is 2.42. The van der Waals surface area contributed by atoms with Gasteiger partial charge in [-0.25, -0.2) is 4.98 Å². The summed E-state index contributed by atoms with van der Waals surface area (Å²) in [5.74, 6) is -0.504. The summed E-state index contributed by atoms with van der Waals surface area (Å²) in [5, 5.41) is 22.1. The van der Waals surface area contributed by atoms with Crippen molar-refractivity contribution < 1.29 is 24.5 Å². The molecule has 1 aromatic carbocycles. The number of fused-ring (bicyclic) bond motifs is 1. The number of cyclic esters (lactones) is 1. The largest absolute Gasteiger partial charge is 0.462 e. The van der Waals surface area contributed by atoms with Crippen LogP contribution in [0.25, 0.3) is 10.9 Å². The number of carbonyl (C=O) groups excluding carboxylic acids is 2. The number of esters is 1. The number of hydrogen-bond donors (Lipinski definition) is 2. The van der Waals surface area contributed by atoms with Crippen LogP contribution in [-0.2, 0) is 16.1 Å². The maximum absolute atomic E-state index is 13.5. The first-order valence-electron chi connectivity index (χ1n) is 14.2.